The van der Waals surface area contributed by atoms with Crippen molar-refractivity contribution in [3.8, 4) is 5.75 Å². The van der Waals surface area contributed by atoms with Gasteiger partial charge in [0, 0.05) is 0 Å². The Kier molecular flexibility index (Phi) is 5.25. The third kappa shape index (κ3) is 4.69. The molecule has 5 nitrogen and oxygen atoms in total. The average molecular weight is 331 g/mol. The summed E-state index contributed by atoms with van der Waals surface area (Å²) in [6.45, 7) is 0.781. The molecule has 0 spiro atoms. The topological polar surface area (TPSA) is 89.6 Å². The smallest absolute Gasteiger partial charge is 0.320 e. The lowest BCUT2D eigenvalue weighted by Gasteiger charge is -2.07. The molecule has 0 heterocycles. The SMILES string of the molecule is COc1ccc(/C=C/c2cc(B(C)O)cc(S(N)(=O)=O)c2)cc1. The van der Waals surface area contributed by atoms with Gasteiger partial charge in [-0.3, -0.25) is 0 Å². The largest absolute Gasteiger partial charge is 0.497 e. The second-order valence-electron chi connectivity index (χ2n) is 5.16. The molecule has 0 aliphatic carbocycles. The standard InChI is InChI=1S/C16H18BNO4S/c1-17(19)14-9-13(10-16(11-14)23(18,20)21)4-3-12-5-7-15(22-2)8-6-12/h3-11,19H,1-2H3,(H2,18,20,21)/b4-3+. The highest BCUT2D eigenvalue weighted by atomic mass is 32.2. The van der Waals surface area contributed by atoms with Crippen LogP contribution in [0, 0.1) is 0 Å². The summed E-state index contributed by atoms with van der Waals surface area (Å²) in [4.78, 5) is -0.0229. The van der Waals surface area contributed by atoms with E-state index in [-0.39, 0.29) is 4.90 Å². The van der Waals surface area contributed by atoms with Gasteiger partial charge in [-0.25, -0.2) is 13.6 Å². The van der Waals surface area contributed by atoms with Gasteiger partial charge in [0.2, 0.25) is 10.0 Å². The maximum atomic E-state index is 11.6. The molecule has 0 fully saturated rings. The maximum absolute atomic E-state index is 11.6. The van der Waals surface area contributed by atoms with Crippen molar-refractivity contribution in [3.63, 3.8) is 0 Å². The molecule has 3 N–H and O–H groups in total. The average Bonchev–Trinajstić information content (AvgIpc) is 2.52. The highest BCUT2D eigenvalue weighted by Crippen LogP contribution is 2.15. The minimum absolute atomic E-state index is 0.0229. The zero-order valence-electron chi connectivity index (χ0n) is 12.9. The summed E-state index contributed by atoms with van der Waals surface area (Å²) in [5, 5.41) is 14.9. The molecule has 2 aromatic carbocycles. The molecule has 2 rings (SSSR count). The van der Waals surface area contributed by atoms with Crippen LogP contribution in [-0.2, 0) is 10.0 Å². The first-order chi connectivity index (χ1) is 10.8. The zero-order chi connectivity index (χ0) is 17.0. The van der Waals surface area contributed by atoms with Crippen molar-refractivity contribution in [1.82, 2.24) is 0 Å². The Labute approximate surface area is 136 Å². The van der Waals surface area contributed by atoms with Crippen molar-refractivity contribution in [3.05, 3.63) is 53.6 Å². The molecule has 0 aromatic heterocycles. The van der Waals surface area contributed by atoms with Crippen LogP contribution in [0.2, 0.25) is 6.82 Å². The summed E-state index contributed by atoms with van der Waals surface area (Å²) in [7, 11) is -2.24. The molecule has 2 aromatic rings. The number of sulfonamides is 1. The number of methoxy groups -OCH3 is 1. The molecule has 7 heteroatoms. The molecule has 0 bridgehead atoms. The van der Waals surface area contributed by atoms with Crippen LogP contribution in [0.4, 0.5) is 0 Å². The third-order valence-electron chi connectivity index (χ3n) is 3.35. The van der Waals surface area contributed by atoms with E-state index >= 15 is 0 Å². The lowest BCUT2D eigenvalue weighted by atomic mass is 9.64. The summed E-state index contributed by atoms with van der Waals surface area (Å²) in [6, 6.07) is 12.0. The van der Waals surface area contributed by atoms with E-state index in [0.717, 1.165) is 11.3 Å². The summed E-state index contributed by atoms with van der Waals surface area (Å²) < 4.78 is 28.2. The van der Waals surface area contributed by atoms with Gasteiger partial charge in [0.25, 0.3) is 0 Å². The van der Waals surface area contributed by atoms with Gasteiger partial charge in [0.1, 0.15) is 5.75 Å². The predicted octanol–water partition coefficient (Wildman–Crippen LogP) is 1.33. The molecule has 23 heavy (non-hydrogen) atoms. The van der Waals surface area contributed by atoms with Gasteiger partial charge in [-0.2, -0.15) is 0 Å². The minimum atomic E-state index is -3.83. The second-order valence-corrected chi connectivity index (χ2v) is 6.72. The second kappa shape index (κ2) is 7.00. The van der Waals surface area contributed by atoms with Gasteiger partial charge >= 0.3 is 6.92 Å². The van der Waals surface area contributed by atoms with Gasteiger partial charge in [-0.15, -0.1) is 0 Å². The van der Waals surface area contributed by atoms with Crippen LogP contribution in [0.1, 0.15) is 11.1 Å². The van der Waals surface area contributed by atoms with Crippen molar-refractivity contribution in [2.24, 2.45) is 5.14 Å². The van der Waals surface area contributed by atoms with E-state index in [1.807, 2.05) is 30.3 Å². The number of benzene rings is 2. The van der Waals surface area contributed by atoms with Crippen LogP contribution >= 0.6 is 0 Å². The molecule has 120 valence electrons. The number of primary sulfonamides is 1. The quantitative estimate of drug-likeness (QED) is 0.639. The Bertz CT molecular complexity index is 814. The normalized spacial score (nSPS) is 11.7. The fraction of sp³-hybridized carbons (Fsp3) is 0.125. The van der Waals surface area contributed by atoms with E-state index in [2.05, 4.69) is 0 Å². The zero-order valence-corrected chi connectivity index (χ0v) is 13.7. The van der Waals surface area contributed by atoms with E-state index in [9.17, 15) is 13.4 Å². The van der Waals surface area contributed by atoms with Crippen LogP contribution in [0.3, 0.4) is 0 Å². The van der Waals surface area contributed by atoms with Crippen molar-refractivity contribution in [2.45, 2.75) is 11.7 Å². The molecular formula is C16H18BNO4S. The van der Waals surface area contributed by atoms with Crippen LogP contribution in [-0.4, -0.2) is 27.5 Å². The lowest BCUT2D eigenvalue weighted by molar-refractivity contribution is 0.415. The van der Waals surface area contributed by atoms with Crippen LogP contribution in [0.15, 0.2) is 47.4 Å². The molecular weight excluding hydrogens is 313 g/mol. The Morgan fingerprint density at radius 2 is 1.70 bits per heavy atom. The third-order valence-corrected chi connectivity index (χ3v) is 4.24. The van der Waals surface area contributed by atoms with E-state index in [4.69, 9.17) is 9.88 Å². The Balaban J connectivity index is 2.37. The number of ether oxygens (including phenoxy) is 1. The Hall–Kier alpha value is -2.09. The first-order valence-corrected chi connectivity index (χ1v) is 8.52. The highest BCUT2D eigenvalue weighted by Gasteiger charge is 2.14. The molecule has 0 radical (unpaired) electrons. The van der Waals surface area contributed by atoms with Crippen molar-refractivity contribution in [1.29, 1.82) is 0 Å². The van der Waals surface area contributed by atoms with E-state index < -0.39 is 16.9 Å². The molecule has 0 saturated heterocycles. The monoisotopic (exact) mass is 331 g/mol. The van der Waals surface area contributed by atoms with Crippen LogP contribution < -0.4 is 15.3 Å². The fourth-order valence-corrected chi connectivity index (χ4v) is 2.66. The predicted molar refractivity (Wildman–Crippen MR) is 93.2 cm³/mol. The number of hydrogen-bond donors (Lipinski definition) is 2. The van der Waals surface area contributed by atoms with Crippen molar-refractivity contribution < 1.29 is 18.2 Å². The summed E-state index contributed by atoms with van der Waals surface area (Å²) >= 11 is 0. The molecule has 0 aliphatic heterocycles. The molecule has 0 aliphatic rings. The highest BCUT2D eigenvalue weighted by molar-refractivity contribution is 7.89. The van der Waals surface area contributed by atoms with E-state index in [1.165, 1.54) is 12.1 Å². The van der Waals surface area contributed by atoms with Crippen LogP contribution in [0.5, 0.6) is 5.75 Å². The lowest BCUT2D eigenvalue weighted by Crippen LogP contribution is -2.28. The fourth-order valence-electron chi connectivity index (χ4n) is 2.06. The van der Waals surface area contributed by atoms with Gasteiger partial charge in [-0.05, 0) is 40.9 Å². The van der Waals surface area contributed by atoms with Gasteiger partial charge < -0.3 is 9.76 Å². The van der Waals surface area contributed by atoms with E-state index in [1.54, 1.807) is 26.1 Å². The number of nitrogens with two attached hydrogens (primary N) is 1. The number of rotatable bonds is 5. The van der Waals surface area contributed by atoms with Crippen LogP contribution in [0.25, 0.3) is 12.2 Å². The summed E-state index contributed by atoms with van der Waals surface area (Å²) in [5.74, 6) is 0.759. The van der Waals surface area contributed by atoms with Crippen molar-refractivity contribution in [2.75, 3.05) is 7.11 Å². The van der Waals surface area contributed by atoms with Gasteiger partial charge in [-0.1, -0.05) is 37.2 Å². The molecule has 0 amide bonds. The summed E-state index contributed by atoms with van der Waals surface area (Å²) in [5.41, 5.74) is 2.07. The Morgan fingerprint density at radius 1 is 1.09 bits per heavy atom. The first-order valence-electron chi connectivity index (χ1n) is 6.97. The molecule has 0 saturated carbocycles. The molecule has 0 atom stereocenters. The Morgan fingerprint density at radius 3 is 2.22 bits per heavy atom. The van der Waals surface area contributed by atoms with E-state index in [0.29, 0.717) is 11.0 Å². The summed E-state index contributed by atoms with van der Waals surface area (Å²) in [6.07, 6.45) is 3.61. The van der Waals surface area contributed by atoms with Gasteiger partial charge in [0.05, 0.1) is 12.0 Å². The first kappa shape index (κ1) is 17.3. The minimum Gasteiger partial charge on any atom is -0.497 e. The van der Waals surface area contributed by atoms with Gasteiger partial charge in [0.15, 0.2) is 0 Å². The van der Waals surface area contributed by atoms with Crippen molar-refractivity contribution >= 4 is 34.6 Å². The molecule has 0 unspecified atom stereocenters. The number of hydrogen-bond acceptors (Lipinski definition) is 4. The maximum Gasteiger partial charge on any atom is 0.320 e.